The number of benzene rings is 1. The number of hydrogen-bond donors (Lipinski definition) is 0. The SMILES string of the molecule is O=C(Cn1cncn1)N1COCCC1c1ccccc1. The average molecular weight is 272 g/mol. The van der Waals surface area contributed by atoms with E-state index in [1.165, 1.54) is 11.0 Å². The van der Waals surface area contributed by atoms with Crippen LogP contribution in [0.3, 0.4) is 0 Å². The van der Waals surface area contributed by atoms with Crippen molar-refractivity contribution in [2.45, 2.75) is 19.0 Å². The van der Waals surface area contributed by atoms with Crippen molar-refractivity contribution >= 4 is 5.91 Å². The molecule has 1 atom stereocenters. The largest absolute Gasteiger partial charge is 0.361 e. The summed E-state index contributed by atoms with van der Waals surface area (Å²) in [6.45, 7) is 1.19. The lowest BCUT2D eigenvalue weighted by Crippen LogP contribution is -2.42. The lowest BCUT2D eigenvalue weighted by Gasteiger charge is -2.35. The molecule has 1 unspecified atom stereocenters. The van der Waals surface area contributed by atoms with Crippen molar-refractivity contribution in [2.75, 3.05) is 13.3 Å². The van der Waals surface area contributed by atoms with Gasteiger partial charge in [-0.2, -0.15) is 5.10 Å². The minimum atomic E-state index is -0.0101. The Balaban J connectivity index is 1.77. The molecule has 1 amide bonds. The van der Waals surface area contributed by atoms with Crippen LogP contribution in [-0.2, 0) is 16.1 Å². The summed E-state index contributed by atoms with van der Waals surface area (Å²) < 4.78 is 6.96. The molecule has 0 bridgehead atoms. The number of rotatable bonds is 3. The van der Waals surface area contributed by atoms with Gasteiger partial charge < -0.3 is 9.64 Å². The number of carbonyl (C=O) groups excluding carboxylic acids is 1. The number of nitrogens with zero attached hydrogens (tertiary/aromatic N) is 4. The average Bonchev–Trinajstić information content (AvgIpc) is 3.01. The zero-order chi connectivity index (χ0) is 13.8. The van der Waals surface area contributed by atoms with Crippen LogP contribution in [0.15, 0.2) is 43.0 Å². The third-order valence-corrected chi connectivity index (χ3v) is 3.41. The van der Waals surface area contributed by atoms with E-state index in [-0.39, 0.29) is 18.5 Å². The summed E-state index contributed by atoms with van der Waals surface area (Å²) in [5.74, 6) is -0.0101. The lowest BCUT2D eigenvalue weighted by molar-refractivity contribution is -0.147. The quantitative estimate of drug-likeness (QED) is 0.843. The van der Waals surface area contributed by atoms with Crippen molar-refractivity contribution in [3.8, 4) is 0 Å². The van der Waals surface area contributed by atoms with E-state index in [0.717, 1.165) is 12.0 Å². The van der Waals surface area contributed by atoms with Gasteiger partial charge in [0, 0.05) is 0 Å². The number of ether oxygens (including phenoxy) is 1. The minimum absolute atomic E-state index is 0.0101. The fourth-order valence-corrected chi connectivity index (χ4v) is 2.42. The fourth-order valence-electron chi connectivity index (χ4n) is 2.42. The van der Waals surface area contributed by atoms with Gasteiger partial charge >= 0.3 is 0 Å². The summed E-state index contributed by atoms with van der Waals surface area (Å²) in [6.07, 6.45) is 3.78. The monoisotopic (exact) mass is 272 g/mol. The Morgan fingerprint density at radius 3 is 2.95 bits per heavy atom. The van der Waals surface area contributed by atoms with Crippen molar-refractivity contribution < 1.29 is 9.53 Å². The van der Waals surface area contributed by atoms with Gasteiger partial charge in [0.05, 0.1) is 12.6 Å². The predicted molar refractivity (Wildman–Crippen MR) is 71.5 cm³/mol. The molecule has 1 aliphatic heterocycles. The summed E-state index contributed by atoms with van der Waals surface area (Å²) in [6, 6.07) is 10.1. The Labute approximate surface area is 117 Å². The molecule has 1 saturated heterocycles. The maximum atomic E-state index is 12.4. The molecule has 1 aliphatic rings. The van der Waals surface area contributed by atoms with Crippen molar-refractivity contribution in [3.63, 3.8) is 0 Å². The lowest BCUT2D eigenvalue weighted by atomic mass is 10.0. The molecule has 104 valence electrons. The summed E-state index contributed by atoms with van der Waals surface area (Å²) >= 11 is 0. The first-order valence-corrected chi connectivity index (χ1v) is 6.59. The normalized spacial score (nSPS) is 19.0. The highest BCUT2D eigenvalue weighted by atomic mass is 16.5. The van der Waals surface area contributed by atoms with E-state index in [2.05, 4.69) is 10.1 Å². The maximum absolute atomic E-state index is 12.4. The Hall–Kier alpha value is -2.21. The van der Waals surface area contributed by atoms with E-state index in [4.69, 9.17) is 4.74 Å². The van der Waals surface area contributed by atoms with E-state index >= 15 is 0 Å². The van der Waals surface area contributed by atoms with Gasteiger partial charge in [-0.05, 0) is 12.0 Å². The Morgan fingerprint density at radius 1 is 1.35 bits per heavy atom. The van der Waals surface area contributed by atoms with Gasteiger partial charge in [0.1, 0.15) is 25.9 Å². The second kappa shape index (κ2) is 5.83. The van der Waals surface area contributed by atoms with Crippen molar-refractivity contribution in [3.05, 3.63) is 48.5 Å². The molecule has 3 rings (SSSR count). The van der Waals surface area contributed by atoms with Crippen LogP contribution >= 0.6 is 0 Å². The zero-order valence-corrected chi connectivity index (χ0v) is 11.1. The highest BCUT2D eigenvalue weighted by Crippen LogP contribution is 2.27. The molecule has 6 nitrogen and oxygen atoms in total. The van der Waals surface area contributed by atoms with Gasteiger partial charge in [0.15, 0.2) is 0 Å². The Morgan fingerprint density at radius 2 is 2.20 bits per heavy atom. The van der Waals surface area contributed by atoms with E-state index in [1.807, 2.05) is 30.3 Å². The van der Waals surface area contributed by atoms with Crippen LogP contribution in [0.5, 0.6) is 0 Å². The molecule has 0 aliphatic carbocycles. The zero-order valence-electron chi connectivity index (χ0n) is 11.1. The number of amides is 1. The molecule has 2 aromatic rings. The molecule has 0 spiro atoms. The van der Waals surface area contributed by atoms with Gasteiger partial charge in [0.25, 0.3) is 0 Å². The number of aromatic nitrogens is 3. The van der Waals surface area contributed by atoms with Crippen molar-refractivity contribution in [1.29, 1.82) is 0 Å². The fraction of sp³-hybridized carbons (Fsp3) is 0.357. The van der Waals surface area contributed by atoms with Gasteiger partial charge in [-0.1, -0.05) is 30.3 Å². The number of carbonyl (C=O) groups is 1. The molecule has 0 saturated carbocycles. The van der Waals surface area contributed by atoms with Crippen LogP contribution in [0, 0.1) is 0 Å². The second-order valence-corrected chi connectivity index (χ2v) is 4.71. The molecule has 0 radical (unpaired) electrons. The molecule has 2 heterocycles. The predicted octanol–water partition coefficient (Wildman–Crippen LogP) is 1.23. The molecule has 0 N–H and O–H groups in total. The summed E-state index contributed by atoms with van der Waals surface area (Å²) in [4.78, 5) is 18.0. The maximum Gasteiger partial charge on any atom is 0.246 e. The van der Waals surface area contributed by atoms with Crippen LogP contribution in [-0.4, -0.2) is 38.9 Å². The molecule has 20 heavy (non-hydrogen) atoms. The third-order valence-electron chi connectivity index (χ3n) is 3.41. The van der Waals surface area contributed by atoms with Crippen LogP contribution in [0.4, 0.5) is 0 Å². The highest BCUT2D eigenvalue weighted by Gasteiger charge is 2.28. The summed E-state index contributed by atoms with van der Waals surface area (Å²) in [5.41, 5.74) is 1.14. The van der Waals surface area contributed by atoms with Crippen LogP contribution in [0.25, 0.3) is 0 Å². The molecular weight excluding hydrogens is 256 g/mol. The van der Waals surface area contributed by atoms with Crippen LogP contribution in [0.2, 0.25) is 0 Å². The van der Waals surface area contributed by atoms with Gasteiger partial charge in [-0.15, -0.1) is 0 Å². The second-order valence-electron chi connectivity index (χ2n) is 4.71. The van der Waals surface area contributed by atoms with Gasteiger partial charge in [-0.25, -0.2) is 9.67 Å². The van der Waals surface area contributed by atoms with Gasteiger partial charge in [-0.3, -0.25) is 4.79 Å². The smallest absolute Gasteiger partial charge is 0.246 e. The molecular formula is C14H16N4O2. The van der Waals surface area contributed by atoms with Crippen molar-refractivity contribution in [2.24, 2.45) is 0 Å². The van der Waals surface area contributed by atoms with E-state index in [0.29, 0.717) is 13.3 Å². The Kier molecular flexibility index (Phi) is 3.73. The minimum Gasteiger partial charge on any atom is -0.361 e. The van der Waals surface area contributed by atoms with Gasteiger partial charge in [0.2, 0.25) is 5.91 Å². The summed E-state index contributed by atoms with van der Waals surface area (Å²) in [7, 11) is 0. The third kappa shape index (κ3) is 2.70. The van der Waals surface area contributed by atoms with E-state index < -0.39 is 0 Å². The van der Waals surface area contributed by atoms with Crippen LogP contribution < -0.4 is 0 Å². The standard InChI is InChI=1S/C14H16N4O2/c19-14(8-17-10-15-9-16-17)18-11-20-7-6-13(18)12-4-2-1-3-5-12/h1-5,9-10,13H,6-8,11H2. The molecule has 6 heteroatoms. The van der Waals surface area contributed by atoms with Crippen molar-refractivity contribution in [1.82, 2.24) is 19.7 Å². The first kappa shape index (κ1) is 12.8. The van der Waals surface area contributed by atoms with Crippen LogP contribution in [0.1, 0.15) is 18.0 Å². The Bertz CT molecular complexity index is 556. The number of hydrogen-bond acceptors (Lipinski definition) is 4. The highest BCUT2D eigenvalue weighted by molar-refractivity contribution is 5.76. The molecule has 1 aromatic carbocycles. The molecule has 1 fully saturated rings. The first-order valence-electron chi connectivity index (χ1n) is 6.59. The molecule has 1 aromatic heterocycles. The summed E-state index contributed by atoms with van der Waals surface area (Å²) in [5, 5.41) is 3.97. The van der Waals surface area contributed by atoms with E-state index in [1.54, 1.807) is 11.2 Å². The topological polar surface area (TPSA) is 60.2 Å². The van der Waals surface area contributed by atoms with E-state index in [9.17, 15) is 4.79 Å². The first-order chi connectivity index (χ1) is 9.84.